The second-order valence-electron chi connectivity index (χ2n) is 9.09. The molecule has 3 N–H and O–H groups in total. The van der Waals surface area contributed by atoms with E-state index in [1.54, 1.807) is 0 Å². The van der Waals surface area contributed by atoms with Gasteiger partial charge in [-0.15, -0.1) is 0 Å². The summed E-state index contributed by atoms with van der Waals surface area (Å²) in [5, 5.41) is 10.1. The first-order valence-electron chi connectivity index (χ1n) is 9.00. The lowest BCUT2D eigenvalue weighted by Gasteiger charge is -2.42. The zero-order chi connectivity index (χ0) is 15.2. The van der Waals surface area contributed by atoms with Crippen LogP contribution < -0.4 is 5.73 Å². The van der Waals surface area contributed by atoms with Gasteiger partial charge in [0.05, 0.1) is 6.10 Å². The zero-order valence-electron chi connectivity index (χ0n) is 14.1. The van der Waals surface area contributed by atoms with Gasteiger partial charge in [-0.2, -0.15) is 0 Å². The normalized spacial score (nSPS) is 45.0. The van der Waals surface area contributed by atoms with Crippen molar-refractivity contribution >= 4 is 0 Å². The van der Waals surface area contributed by atoms with Crippen molar-refractivity contribution in [2.24, 2.45) is 34.8 Å². The fraction of sp³-hybridized carbons (Fsp3) is 1.00. The first-order chi connectivity index (χ1) is 9.84. The van der Waals surface area contributed by atoms with Crippen LogP contribution in [0.4, 0.5) is 0 Å². The Labute approximate surface area is 130 Å². The van der Waals surface area contributed by atoms with Gasteiger partial charge in [0.25, 0.3) is 0 Å². The molecule has 3 heteroatoms. The van der Waals surface area contributed by atoms with E-state index in [0.29, 0.717) is 23.3 Å². The SMILES string of the molecule is CC(C)(C)C1CCC(N)C(CN2CC3CCC(O)C3C2)C1. The molecule has 122 valence electrons. The molecule has 1 saturated heterocycles. The quantitative estimate of drug-likeness (QED) is 0.822. The molecule has 21 heavy (non-hydrogen) atoms. The van der Waals surface area contributed by atoms with E-state index in [0.717, 1.165) is 31.3 Å². The van der Waals surface area contributed by atoms with Crippen LogP contribution in [0.2, 0.25) is 0 Å². The molecule has 0 spiro atoms. The third kappa shape index (κ3) is 3.30. The van der Waals surface area contributed by atoms with Crippen LogP contribution >= 0.6 is 0 Å². The standard InChI is InChI=1S/C18H34N2O/c1-18(2,3)14-5-6-16(19)13(8-14)10-20-9-12-4-7-17(21)15(12)11-20/h12-17,21H,4-11,19H2,1-3H3. The Kier molecular flexibility index (Phi) is 4.37. The molecular formula is C18H34N2O. The molecule has 0 radical (unpaired) electrons. The Hall–Kier alpha value is -0.120. The average molecular weight is 294 g/mol. The van der Waals surface area contributed by atoms with Crippen LogP contribution in [0.25, 0.3) is 0 Å². The van der Waals surface area contributed by atoms with Crippen LogP contribution in [-0.2, 0) is 0 Å². The molecule has 0 aromatic rings. The minimum Gasteiger partial charge on any atom is -0.393 e. The number of likely N-dealkylation sites (tertiary alicyclic amines) is 1. The predicted octanol–water partition coefficient (Wildman–Crippen LogP) is 2.48. The Morgan fingerprint density at radius 1 is 1.10 bits per heavy atom. The van der Waals surface area contributed by atoms with E-state index < -0.39 is 0 Å². The van der Waals surface area contributed by atoms with E-state index in [1.165, 1.54) is 32.2 Å². The van der Waals surface area contributed by atoms with Gasteiger partial charge in [0.15, 0.2) is 0 Å². The van der Waals surface area contributed by atoms with Gasteiger partial charge in [-0.1, -0.05) is 20.8 Å². The molecule has 6 atom stereocenters. The Balaban J connectivity index is 1.57. The summed E-state index contributed by atoms with van der Waals surface area (Å²) >= 11 is 0. The van der Waals surface area contributed by atoms with Crippen LogP contribution in [-0.4, -0.2) is 41.8 Å². The van der Waals surface area contributed by atoms with E-state index in [-0.39, 0.29) is 6.10 Å². The first kappa shape index (κ1) is 15.8. The molecule has 3 rings (SSSR count). The molecule has 0 aromatic carbocycles. The van der Waals surface area contributed by atoms with Crippen molar-refractivity contribution in [2.75, 3.05) is 19.6 Å². The maximum absolute atomic E-state index is 10.1. The third-order valence-corrected chi connectivity index (χ3v) is 6.65. The van der Waals surface area contributed by atoms with E-state index in [2.05, 4.69) is 25.7 Å². The summed E-state index contributed by atoms with van der Waals surface area (Å²) in [5.41, 5.74) is 6.84. The van der Waals surface area contributed by atoms with Gasteiger partial charge in [0.1, 0.15) is 0 Å². The van der Waals surface area contributed by atoms with Crippen LogP contribution in [0.3, 0.4) is 0 Å². The number of hydrogen-bond donors (Lipinski definition) is 2. The number of aliphatic hydroxyl groups is 1. The Morgan fingerprint density at radius 3 is 2.52 bits per heavy atom. The number of fused-ring (bicyclic) bond motifs is 1. The molecule has 1 aliphatic heterocycles. The molecule has 0 amide bonds. The summed E-state index contributed by atoms with van der Waals surface area (Å²) in [6.45, 7) is 10.6. The van der Waals surface area contributed by atoms with Crippen LogP contribution in [0.5, 0.6) is 0 Å². The van der Waals surface area contributed by atoms with Crippen LogP contribution in [0.15, 0.2) is 0 Å². The molecule has 6 unspecified atom stereocenters. The number of nitrogens with two attached hydrogens (primary N) is 1. The van der Waals surface area contributed by atoms with E-state index >= 15 is 0 Å². The zero-order valence-corrected chi connectivity index (χ0v) is 14.1. The molecule has 3 aliphatic rings. The van der Waals surface area contributed by atoms with Crippen LogP contribution in [0.1, 0.15) is 52.9 Å². The summed E-state index contributed by atoms with van der Waals surface area (Å²) in [6, 6.07) is 0.383. The molecule has 2 saturated carbocycles. The predicted molar refractivity (Wildman–Crippen MR) is 86.9 cm³/mol. The molecule has 2 aliphatic carbocycles. The summed E-state index contributed by atoms with van der Waals surface area (Å²) in [6.07, 6.45) is 5.99. The highest BCUT2D eigenvalue weighted by molar-refractivity contribution is 4.96. The summed E-state index contributed by atoms with van der Waals surface area (Å²) in [5.74, 6) is 2.76. The summed E-state index contributed by atoms with van der Waals surface area (Å²) < 4.78 is 0. The minimum absolute atomic E-state index is 0.0395. The Bertz CT molecular complexity index is 365. The smallest absolute Gasteiger partial charge is 0.0583 e. The fourth-order valence-corrected chi connectivity index (χ4v) is 5.09. The summed E-state index contributed by atoms with van der Waals surface area (Å²) in [7, 11) is 0. The molecule has 3 nitrogen and oxygen atoms in total. The van der Waals surface area contributed by atoms with Gasteiger partial charge in [-0.05, 0) is 55.3 Å². The van der Waals surface area contributed by atoms with Crippen molar-refractivity contribution in [3.05, 3.63) is 0 Å². The molecule has 1 heterocycles. The second kappa shape index (κ2) is 5.82. The van der Waals surface area contributed by atoms with Gasteiger partial charge in [-0.3, -0.25) is 0 Å². The second-order valence-corrected chi connectivity index (χ2v) is 9.09. The van der Waals surface area contributed by atoms with Gasteiger partial charge in [0, 0.05) is 31.6 Å². The highest BCUT2D eigenvalue weighted by Crippen LogP contribution is 2.42. The number of nitrogens with zero attached hydrogens (tertiary/aromatic N) is 1. The lowest BCUT2D eigenvalue weighted by Crippen LogP contribution is -2.45. The number of rotatable bonds is 2. The average Bonchev–Trinajstić information content (AvgIpc) is 2.93. The molecule has 0 bridgehead atoms. The number of aliphatic hydroxyl groups excluding tert-OH is 1. The maximum Gasteiger partial charge on any atom is 0.0583 e. The van der Waals surface area contributed by atoms with Crippen molar-refractivity contribution in [1.82, 2.24) is 4.90 Å². The van der Waals surface area contributed by atoms with Crippen molar-refractivity contribution in [2.45, 2.75) is 65.0 Å². The van der Waals surface area contributed by atoms with Gasteiger partial charge in [0.2, 0.25) is 0 Å². The van der Waals surface area contributed by atoms with Crippen molar-refractivity contribution in [3.63, 3.8) is 0 Å². The third-order valence-electron chi connectivity index (χ3n) is 6.65. The molecular weight excluding hydrogens is 260 g/mol. The van der Waals surface area contributed by atoms with Crippen molar-refractivity contribution in [1.29, 1.82) is 0 Å². The van der Waals surface area contributed by atoms with Gasteiger partial charge >= 0.3 is 0 Å². The van der Waals surface area contributed by atoms with Gasteiger partial charge < -0.3 is 15.7 Å². The largest absolute Gasteiger partial charge is 0.393 e. The van der Waals surface area contributed by atoms with Crippen molar-refractivity contribution < 1.29 is 5.11 Å². The lowest BCUT2D eigenvalue weighted by atomic mass is 9.67. The van der Waals surface area contributed by atoms with Gasteiger partial charge in [-0.25, -0.2) is 0 Å². The first-order valence-corrected chi connectivity index (χ1v) is 9.00. The highest BCUT2D eigenvalue weighted by Gasteiger charge is 2.43. The monoisotopic (exact) mass is 294 g/mol. The van der Waals surface area contributed by atoms with Crippen LogP contribution in [0, 0.1) is 29.1 Å². The topological polar surface area (TPSA) is 49.5 Å². The Morgan fingerprint density at radius 2 is 1.86 bits per heavy atom. The maximum atomic E-state index is 10.1. The highest BCUT2D eigenvalue weighted by atomic mass is 16.3. The molecule has 0 aromatic heterocycles. The van der Waals surface area contributed by atoms with E-state index in [1.807, 2.05) is 0 Å². The van der Waals surface area contributed by atoms with Crippen molar-refractivity contribution in [3.8, 4) is 0 Å². The lowest BCUT2D eigenvalue weighted by molar-refractivity contribution is 0.0946. The van der Waals surface area contributed by atoms with E-state index in [9.17, 15) is 5.11 Å². The molecule has 3 fully saturated rings. The number of hydrogen-bond acceptors (Lipinski definition) is 3. The minimum atomic E-state index is -0.0395. The summed E-state index contributed by atoms with van der Waals surface area (Å²) in [4.78, 5) is 2.60. The van der Waals surface area contributed by atoms with E-state index in [4.69, 9.17) is 5.73 Å². The fourth-order valence-electron chi connectivity index (χ4n) is 5.09.